The van der Waals surface area contributed by atoms with Crippen molar-refractivity contribution in [1.82, 2.24) is 4.98 Å². The first kappa shape index (κ1) is 11.0. The molecule has 4 heteroatoms. The molecule has 0 saturated carbocycles. The van der Waals surface area contributed by atoms with E-state index in [0.717, 1.165) is 5.69 Å². The minimum atomic E-state index is 0.586. The predicted octanol–water partition coefficient (Wildman–Crippen LogP) is 2.30. The van der Waals surface area contributed by atoms with Crippen LogP contribution in [0.25, 0.3) is 0 Å². The van der Waals surface area contributed by atoms with E-state index >= 15 is 0 Å². The highest BCUT2D eigenvalue weighted by molar-refractivity contribution is 5.73. The first-order chi connectivity index (χ1) is 8.24. The smallest absolute Gasteiger partial charge is 0.155 e. The average molecular weight is 224 g/mol. The Labute approximate surface area is 99.9 Å². The maximum absolute atomic E-state index is 9.06. The summed E-state index contributed by atoms with van der Waals surface area (Å²) in [6, 6.07) is 13.1. The summed E-state index contributed by atoms with van der Waals surface area (Å²) >= 11 is 0. The molecular formula is C13H12N4. The largest absolute Gasteiger partial charge is 0.396 e. The Morgan fingerprint density at radius 1 is 1.24 bits per heavy atom. The summed E-state index contributed by atoms with van der Waals surface area (Å²) in [5.74, 6) is 0.648. The number of rotatable bonds is 2. The van der Waals surface area contributed by atoms with Gasteiger partial charge in [-0.05, 0) is 24.3 Å². The third-order valence-electron chi connectivity index (χ3n) is 2.52. The minimum absolute atomic E-state index is 0.586. The molecule has 0 atom stereocenters. The number of hydrogen-bond acceptors (Lipinski definition) is 4. The van der Waals surface area contributed by atoms with Crippen LogP contribution in [0.2, 0.25) is 0 Å². The number of nitrogens with two attached hydrogens (primary N) is 1. The molecule has 0 aliphatic heterocycles. The van der Waals surface area contributed by atoms with E-state index in [4.69, 9.17) is 11.0 Å². The Balaban J connectivity index is 2.48. The fraction of sp³-hybridized carbons (Fsp3) is 0.0769. The molecule has 0 fully saturated rings. The highest BCUT2D eigenvalue weighted by atomic mass is 15.2. The normalized spacial score (nSPS) is 9.65. The fourth-order valence-corrected chi connectivity index (χ4v) is 1.66. The Kier molecular flexibility index (Phi) is 2.93. The summed E-state index contributed by atoms with van der Waals surface area (Å²) in [6.07, 6.45) is 1.68. The molecule has 0 radical (unpaired) electrons. The third kappa shape index (κ3) is 2.04. The zero-order valence-corrected chi connectivity index (χ0v) is 9.46. The minimum Gasteiger partial charge on any atom is -0.396 e. The lowest BCUT2D eigenvalue weighted by atomic mass is 10.2. The summed E-state index contributed by atoms with van der Waals surface area (Å²) < 4.78 is 0. The number of nitrogens with zero attached hydrogens (tertiary/aromatic N) is 3. The molecule has 2 N–H and O–H groups in total. The van der Waals surface area contributed by atoms with Gasteiger partial charge in [0.25, 0.3) is 0 Å². The number of benzene rings is 1. The molecule has 0 amide bonds. The van der Waals surface area contributed by atoms with Crippen molar-refractivity contribution < 1.29 is 0 Å². The van der Waals surface area contributed by atoms with E-state index in [0.29, 0.717) is 17.1 Å². The van der Waals surface area contributed by atoms with Crippen molar-refractivity contribution in [3.05, 3.63) is 48.2 Å². The SMILES string of the molecule is CN(c1ccccc1C#N)c1ncccc1N. The number of aromatic nitrogens is 1. The molecule has 84 valence electrons. The number of para-hydroxylation sites is 1. The highest BCUT2D eigenvalue weighted by Gasteiger charge is 2.11. The van der Waals surface area contributed by atoms with Crippen molar-refractivity contribution in [3.63, 3.8) is 0 Å². The standard InChI is InChI=1S/C13H12N4/c1-17(13-11(15)6-4-8-16-13)12-7-3-2-5-10(12)9-14/h2-8H,15H2,1H3. The topological polar surface area (TPSA) is 65.9 Å². The lowest BCUT2D eigenvalue weighted by Crippen LogP contribution is -2.14. The van der Waals surface area contributed by atoms with Gasteiger partial charge in [0.05, 0.1) is 16.9 Å². The van der Waals surface area contributed by atoms with Gasteiger partial charge in [0.1, 0.15) is 6.07 Å². The second-order valence-corrected chi connectivity index (χ2v) is 3.60. The average Bonchev–Trinajstić information content (AvgIpc) is 2.38. The zero-order chi connectivity index (χ0) is 12.3. The number of hydrogen-bond donors (Lipinski definition) is 1. The van der Waals surface area contributed by atoms with Crippen LogP contribution in [-0.2, 0) is 0 Å². The molecule has 2 rings (SSSR count). The Hall–Kier alpha value is -2.54. The maximum atomic E-state index is 9.06. The number of anilines is 3. The van der Waals surface area contributed by atoms with Gasteiger partial charge in [0.2, 0.25) is 0 Å². The third-order valence-corrected chi connectivity index (χ3v) is 2.52. The van der Waals surface area contributed by atoms with Crippen LogP contribution in [0.1, 0.15) is 5.56 Å². The summed E-state index contributed by atoms with van der Waals surface area (Å²) in [7, 11) is 1.84. The van der Waals surface area contributed by atoms with Crippen molar-refractivity contribution in [2.45, 2.75) is 0 Å². The van der Waals surface area contributed by atoms with Gasteiger partial charge in [-0.15, -0.1) is 0 Å². The molecule has 0 unspecified atom stereocenters. The van der Waals surface area contributed by atoms with Crippen LogP contribution in [0.4, 0.5) is 17.2 Å². The van der Waals surface area contributed by atoms with Crippen LogP contribution in [0, 0.1) is 11.3 Å². The molecule has 1 aromatic heterocycles. The molecule has 0 spiro atoms. The van der Waals surface area contributed by atoms with Gasteiger partial charge < -0.3 is 10.6 Å². The summed E-state index contributed by atoms with van der Waals surface area (Å²) in [6.45, 7) is 0. The molecule has 0 saturated heterocycles. The number of nitrogen functional groups attached to an aromatic ring is 1. The van der Waals surface area contributed by atoms with Gasteiger partial charge in [-0.3, -0.25) is 0 Å². The van der Waals surface area contributed by atoms with Crippen molar-refractivity contribution >= 4 is 17.2 Å². The van der Waals surface area contributed by atoms with E-state index in [-0.39, 0.29) is 0 Å². The molecule has 1 aromatic carbocycles. The monoisotopic (exact) mass is 224 g/mol. The Morgan fingerprint density at radius 3 is 2.71 bits per heavy atom. The van der Waals surface area contributed by atoms with Gasteiger partial charge in [0, 0.05) is 13.2 Å². The maximum Gasteiger partial charge on any atom is 0.155 e. The highest BCUT2D eigenvalue weighted by Crippen LogP contribution is 2.28. The first-order valence-electron chi connectivity index (χ1n) is 5.17. The van der Waals surface area contributed by atoms with E-state index < -0.39 is 0 Å². The van der Waals surface area contributed by atoms with Crippen LogP contribution >= 0.6 is 0 Å². The lowest BCUT2D eigenvalue weighted by molar-refractivity contribution is 1.13. The molecule has 0 aliphatic carbocycles. The van der Waals surface area contributed by atoms with E-state index in [1.165, 1.54) is 0 Å². The fourth-order valence-electron chi connectivity index (χ4n) is 1.66. The molecule has 17 heavy (non-hydrogen) atoms. The summed E-state index contributed by atoms with van der Waals surface area (Å²) in [5.41, 5.74) is 7.84. The predicted molar refractivity (Wildman–Crippen MR) is 67.9 cm³/mol. The van der Waals surface area contributed by atoms with Crippen molar-refractivity contribution in [1.29, 1.82) is 5.26 Å². The Morgan fingerprint density at radius 2 is 2.00 bits per heavy atom. The van der Waals surface area contributed by atoms with Crippen LogP contribution < -0.4 is 10.6 Å². The summed E-state index contributed by atoms with van der Waals surface area (Å²) in [5, 5.41) is 9.06. The van der Waals surface area contributed by atoms with Crippen LogP contribution in [0.15, 0.2) is 42.6 Å². The van der Waals surface area contributed by atoms with Gasteiger partial charge in [-0.2, -0.15) is 5.26 Å². The van der Waals surface area contributed by atoms with E-state index in [1.54, 1.807) is 24.4 Å². The molecule has 1 heterocycles. The molecule has 0 bridgehead atoms. The van der Waals surface area contributed by atoms with E-state index in [9.17, 15) is 0 Å². The summed E-state index contributed by atoms with van der Waals surface area (Å²) in [4.78, 5) is 6.03. The zero-order valence-electron chi connectivity index (χ0n) is 9.46. The van der Waals surface area contributed by atoms with Gasteiger partial charge in [0.15, 0.2) is 5.82 Å². The van der Waals surface area contributed by atoms with Crippen molar-refractivity contribution in [2.75, 3.05) is 17.7 Å². The lowest BCUT2D eigenvalue weighted by Gasteiger charge is -2.20. The van der Waals surface area contributed by atoms with E-state index in [1.807, 2.05) is 30.1 Å². The van der Waals surface area contributed by atoms with Crippen molar-refractivity contribution in [2.24, 2.45) is 0 Å². The number of nitriles is 1. The van der Waals surface area contributed by atoms with Crippen LogP contribution in [-0.4, -0.2) is 12.0 Å². The molecule has 0 aliphatic rings. The van der Waals surface area contributed by atoms with E-state index in [2.05, 4.69) is 11.1 Å². The van der Waals surface area contributed by atoms with Gasteiger partial charge in [-0.1, -0.05) is 12.1 Å². The number of pyridine rings is 1. The van der Waals surface area contributed by atoms with Crippen LogP contribution in [0.5, 0.6) is 0 Å². The Bertz CT molecular complexity index is 572. The quantitative estimate of drug-likeness (QED) is 0.850. The van der Waals surface area contributed by atoms with Crippen molar-refractivity contribution in [3.8, 4) is 6.07 Å². The second-order valence-electron chi connectivity index (χ2n) is 3.60. The molecule has 2 aromatic rings. The first-order valence-corrected chi connectivity index (χ1v) is 5.17. The molecular weight excluding hydrogens is 212 g/mol. The molecule has 4 nitrogen and oxygen atoms in total. The van der Waals surface area contributed by atoms with Gasteiger partial charge in [-0.25, -0.2) is 4.98 Å². The van der Waals surface area contributed by atoms with Crippen LogP contribution in [0.3, 0.4) is 0 Å². The second kappa shape index (κ2) is 4.54. The van der Waals surface area contributed by atoms with Gasteiger partial charge >= 0.3 is 0 Å².